The number of likely N-dealkylation sites (N-methyl/N-ethyl adjacent to an activating group) is 1. The van der Waals surface area contributed by atoms with Gasteiger partial charge in [0.1, 0.15) is 17.3 Å². The molecule has 0 radical (unpaired) electrons. The molecule has 0 atom stereocenters. The molecular weight excluding hydrogens is 296 g/mol. The molecule has 22 heavy (non-hydrogen) atoms. The summed E-state index contributed by atoms with van der Waals surface area (Å²) in [4.78, 5) is 19.7. The second-order valence-electron chi connectivity index (χ2n) is 5.31. The van der Waals surface area contributed by atoms with Crippen molar-refractivity contribution in [2.75, 3.05) is 25.6 Å². The number of benzene rings is 1. The molecule has 0 unspecified atom stereocenters. The summed E-state index contributed by atoms with van der Waals surface area (Å²) < 4.78 is 5.21. The molecule has 0 spiro atoms. The zero-order chi connectivity index (χ0) is 15.9. The largest absolute Gasteiger partial charge is 0.497 e. The third-order valence-electron chi connectivity index (χ3n) is 4.02. The van der Waals surface area contributed by atoms with Crippen molar-refractivity contribution in [2.45, 2.75) is 13.8 Å². The molecule has 2 heterocycles. The number of anilines is 1. The van der Waals surface area contributed by atoms with E-state index >= 15 is 0 Å². The molecule has 5 heteroatoms. The highest BCUT2D eigenvalue weighted by molar-refractivity contribution is 7.17. The predicted octanol–water partition coefficient (Wildman–Crippen LogP) is 3.19. The van der Waals surface area contributed by atoms with Gasteiger partial charge in [-0.15, -0.1) is 11.3 Å². The number of hydrogen-bond acceptors (Lipinski definition) is 4. The topological polar surface area (TPSA) is 41.9 Å². The van der Waals surface area contributed by atoms with Gasteiger partial charge in [-0.3, -0.25) is 9.79 Å². The smallest absolute Gasteiger partial charge is 0.249 e. The summed E-state index contributed by atoms with van der Waals surface area (Å²) in [6.07, 6.45) is 0. The highest BCUT2D eigenvalue weighted by Crippen LogP contribution is 2.38. The van der Waals surface area contributed by atoms with Crippen LogP contribution >= 0.6 is 11.3 Å². The molecule has 1 aromatic heterocycles. The third-order valence-corrected chi connectivity index (χ3v) is 5.30. The number of nitrogens with zero attached hydrogens (tertiary/aromatic N) is 2. The molecule has 1 aliphatic heterocycles. The van der Waals surface area contributed by atoms with E-state index in [1.807, 2.05) is 31.3 Å². The Morgan fingerprint density at radius 3 is 2.55 bits per heavy atom. The van der Waals surface area contributed by atoms with Crippen LogP contribution < -0.4 is 9.64 Å². The Hall–Kier alpha value is -2.14. The normalized spacial score (nSPS) is 14.5. The SMILES string of the molecule is COc1ccc(C2=NCC(=O)N(C)c3sc(C)c(C)c32)cc1. The molecule has 1 aliphatic rings. The molecule has 0 bridgehead atoms. The van der Waals surface area contributed by atoms with Gasteiger partial charge >= 0.3 is 0 Å². The molecule has 4 nitrogen and oxygen atoms in total. The van der Waals surface area contributed by atoms with Crippen LogP contribution in [0.5, 0.6) is 5.75 Å². The first-order valence-corrected chi connectivity index (χ1v) is 7.90. The van der Waals surface area contributed by atoms with Crippen LogP contribution in [0.3, 0.4) is 0 Å². The minimum atomic E-state index is 0.0195. The fourth-order valence-corrected chi connectivity index (χ4v) is 3.69. The molecular formula is C17H18N2O2S. The molecule has 114 valence electrons. The van der Waals surface area contributed by atoms with Crippen LogP contribution in [0, 0.1) is 13.8 Å². The molecule has 0 saturated heterocycles. The number of ether oxygens (including phenoxy) is 1. The van der Waals surface area contributed by atoms with Gasteiger partial charge in [-0.2, -0.15) is 0 Å². The molecule has 2 aromatic rings. The van der Waals surface area contributed by atoms with E-state index in [0.717, 1.165) is 27.6 Å². The highest BCUT2D eigenvalue weighted by Gasteiger charge is 2.27. The first-order chi connectivity index (χ1) is 10.5. The average molecular weight is 314 g/mol. The van der Waals surface area contributed by atoms with Crippen LogP contribution in [0.1, 0.15) is 21.6 Å². The van der Waals surface area contributed by atoms with Gasteiger partial charge in [0.2, 0.25) is 5.91 Å². The van der Waals surface area contributed by atoms with E-state index in [-0.39, 0.29) is 12.5 Å². The molecule has 0 N–H and O–H groups in total. The monoisotopic (exact) mass is 314 g/mol. The van der Waals surface area contributed by atoms with Crippen molar-refractivity contribution in [3.63, 3.8) is 0 Å². The number of fused-ring (bicyclic) bond motifs is 1. The summed E-state index contributed by atoms with van der Waals surface area (Å²) in [5.74, 6) is 0.829. The Morgan fingerprint density at radius 2 is 1.91 bits per heavy atom. The van der Waals surface area contributed by atoms with Gasteiger partial charge in [-0.1, -0.05) is 0 Å². The standard InChI is InChI=1S/C17H18N2O2S/c1-10-11(2)22-17-15(10)16(18-9-14(20)19(17)3)12-5-7-13(21-4)8-6-12/h5-8H,9H2,1-4H3. The van der Waals surface area contributed by atoms with Crippen molar-refractivity contribution in [3.05, 3.63) is 45.8 Å². The molecule has 1 amide bonds. The van der Waals surface area contributed by atoms with Crippen LogP contribution in [0.4, 0.5) is 5.00 Å². The molecule has 0 aliphatic carbocycles. The van der Waals surface area contributed by atoms with Gasteiger partial charge in [0, 0.05) is 23.1 Å². The maximum absolute atomic E-state index is 12.2. The van der Waals surface area contributed by atoms with Crippen molar-refractivity contribution < 1.29 is 9.53 Å². The zero-order valence-electron chi connectivity index (χ0n) is 13.1. The van der Waals surface area contributed by atoms with Gasteiger partial charge in [-0.25, -0.2) is 0 Å². The molecule has 0 saturated carbocycles. The van der Waals surface area contributed by atoms with Gasteiger partial charge < -0.3 is 9.64 Å². The predicted molar refractivity (Wildman–Crippen MR) is 90.7 cm³/mol. The summed E-state index contributed by atoms with van der Waals surface area (Å²) >= 11 is 1.65. The van der Waals surface area contributed by atoms with E-state index in [1.165, 1.54) is 10.4 Å². The second kappa shape index (κ2) is 5.57. The molecule has 3 rings (SSSR count). The number of aliphatic imine (C=N–C) groups is 1. The van der Waals surface area contributed by atoms with Crippen LogP contribution in [-0.2, 0) is 4.79 Å². The summed E-state index contributed by atoms with van der Waals surface area (Å²) in [7, 11) is 3.47. The number of carbonyl (C=O) groups excluding carboxylic acids is 1. The first kappa shape index (κ1) is 14.8. The van der Waals surface area contributed by atoms with Crippen LogP contribution in [0.15, 0.2) is 29.3 Å². The Balaban J connectivity index is 2.18. The van der Waals surface area contributed by atoms with Gasteiger partial charge in [0.15, 0.2) is 0 Å². The Morgan fingerprint density at radius 1 is 1.23 bits per heavy atom. The van der Waals surface area contributed by atoms with Crippen LogP contribution in [0.25, 0.3) is 0 Å². The lowest BCUT2D eigenvalue weighted by Crippen LogP contribution is -2.26. The maximum Gasteiger partial charge on any atom is 0.249 e. The quantitative estimate of drug-likeness (QED) is 0.854. The van der Waals surface area contributed by atoms with Crippen molar-refractivity contribution in [1.29, 1.82) is 0 Å². The Bertz CT molecular complexity index is 760. The van der Waals surface area contributed by atoms with Crippen molar-refractivity contribution in [3.8, 4) is 5.75 Å². The summed E-state index contributed by atoms with van der Waals surface area (Å²) in [6.45, 7) is 4.35. The number of carbonyl (C=O) groups is 1. The van der Waals surface area contributed by atoms with Gasteiger partial charge in [0.05, 0.1) is 12.8 Å². The number of thiophene rings is 1. The van der Waals surface area contributed by atoms with Gasteiger partial charge in [-0.05, 0) is 43.7 Å². The lowest BCUT2D eigenvalue weighted by Gasteiger charge is -2.14. The first-order valence-electron chi connectivity index (χ1n) is 7.08. The minimum Gasteiger partial charge on any atom is -0.497 e. The lowest BCUT2D eigenvalue weighted by molar-refractivity contribution is -0.116. The van der Waals surface area contributed by atoms with Crippen molar-refractivity contribution in [1.82, 2.24) is 0 Å². The van der Waals surface area contributed by atoms with E-state index in [9.17, 15) is 4.79 Å². The summed E-state index contributed by atoms with van der Waals surface area (Å²) in [5.41, 5.74) is 4.15. The number of amides is 1. The summed E-state index contributed by atoms with van der Waals surface area (Å²) in [6, 6.07) is 7.82. The van der Waals surface area contributed by atoms with E-state index in [4.69, 9.17) is 4.74 Å². The van der Waals surface area contributed by atoms with E-state index in [1.54, 1.807) is 23.3 Å². The summed E-state index contributed by atoms with van der Waals surface area (Å²) in [5, 5.41) is 0.979. The van der Waals surface area contributed by atoms with E-state index in [0.29, 0.717) is 0 Å². The third kappa shape index (κ3) is 2.31. The molecule has 0 fully saturated rings. The molecule has 1 aromatic carbocycles. The zero-order valence-corrected chi connectivity index (χ0v) is 14.0. The van der Waals surface area contributed by atoms with Crippen LogP contribution in [0.2, 0.25) is 0 Å². The average Bonchev–Trinajstić information content (AvgIpc) is 2.76. The number of hydrogen-bond donors (Lipinski definition) is 0. The van der Waals surface area contributed by atoms with E-state index < -0.39 is 0 Å². The lowest BCUT2D eigenvalue weighted by atomic mass is 10.00. The second-order valence-corrected chi connectivity index (χ2v) is 6.51. The number of rotatable bonds is 2. The van der Waals surface area contributed by atoms with Gasteiger partial charge in [0.25, 0.3) is 0 Å². The maximum atomic E-state index is 12.2. The highest BCUT2D eigenvalue weighted by atomic mass is 32.1. The van der Waals surface area contributed by atoms with Crippen molar-refractivity contribution >= 4 is 28.0 Å². The van der Waals surface area contributed by atoms with E-state index in [2.05, 4.69) is 18.8 Å². The number of aryl methyl sites for hydroxylation is 1. The number of methoxy groups -OCH3 is 1. The van der Waals surface area contributed by atoms with Crippen molar-refractivity contribution in [2.24, 2.45) is 4.99 Å². The Kier molecular flexibility index (Phi) is 3.74. The minimum absolute atomic E-state index is 0.0195. The van der Waals surface area contributed by atoms with Crippen LogP contribution in [-0.4, -0.2) is 32.3 Å². The fraction of sp³-hybridized carbons (Fsp3) is 0.294. The fourth-order valence-electron chi connectivity index (χ4n) is 2.55. The Labute approximate surface area is 134 Å².